The molecule has 0 aromatic heterocycles. The Morgan fingerprint density at radius 2 is 1.97 bits per heavy atom. The lowest BCUT2D eigenvalue weighted by molar-refractivity contribution is -0.137. The van der Waals surface area contributed by atoms with E-state index in [0.717, 1.165) is 5.56 Å². The highest BCUT2D eigenvalue weighted by atomic mass is 35.5. The highest BCUT2D eigenvalue weighted by Crippen LogP contribution is 2.30. The van der Waals surface area contributed by atoms with E-state index in [1.807, 2.05) is 0 Å². The van der Waals surface area contributed by atoms with Crippen molar-refractivity contribution in [1.29, 1.82) is 0 Å². The first kappa shape index (κ1) is 23.3. The summed E-state index contributed by atoms with van der Waals surface area (Å²) in [5.74, 6) is -1.43. The number of hydrazone groups is 2. The van der Waals surface area contributed by atoms with Gasteiger partial charge in [-0.25, -0.2) is 5.01 Å². The molecule has 0 atom stereocenters. The van der Waals surface area contributed by atoms with Crippen molar-refractivity contribution in [2.24, 2.45) is 10.2 Å². The van der Waals surface area contributed by atoms with E-state index in [4.69, 9.17) is 28.3 Å². The number of hydrogen-bond acceptors (Lipinski definition) is 6. The van der Waals surface area contributed by atoms with Gasteiger partial charge in [0, 0.05) is 28.6 Å². The van der Waals surface area contributed by atoms with Crippen LogP contribution in [0.4, 0.5) is 5.69 Å². The minimum absolute atomic E-state index is 0.0571. The van der Waals surface area contributed by atoms with Crippen LogP contribution in [0.5, 0.6) is 5.75 Å². The molecule has 1 amide bonds. The van der Waals surface area contributed by atoms with E-state index >= 15 is 0 Å². The number of rotatable bonds is 8. The number of carboxylic acid groups (broad SMARTS) is 1. The number of halogens is 2. The molecular formula is C22H20Cl2N4O4. The van der Waals surface area contributed by atoms with E-state index < -0.39 is 11.9 Å². The molecule has 1 aliphatic heterocycles. The van der Waals surface area contributed by atoms with Crippen LogP contribution >= 0.6 is 23.2 Å². The second-order valence-electron chi connectivity index (χ2n) is 6.93. The zero-order valence-corrected chi connectivity index (χ0v) is 18.6. The van der Waals surface area contributed by atoms with Crippen molar-refractivity contribution in [3.8, 4) is 5.75 Å². The van der Waals surface area contributed by atoms with Crippen molar-refractivity contribution in [1.82, 2.24) is 5.01 Å². The first-order valence-corrected chi connectivity index (χ1v) is 10.4. The second kappa shape index (κ2) is 10.3. The van der Waals surface area contributed by atoms with Gasteiger partial charge in [-0.15, -0.1) is 0 Å². The molecule has 0 spiro atoms. The van der Waals surface area contributed by atoms with E-state index in [2.05, 4.69) is 15.6 Å². The van der Waals surface area contributed by atoms with Crippen LogP contribution in [-0.2, 0) is 9.59 Å². The quantitative estimate of drug-likeness (QED) is 0.290. The van der Waals surface area contributed by atoms with E-state index in [1.54, 1.807) is 55.5 Å². The number of phenolic OH excluding ortho intramolecular Hbond substituents is 1. The molecule has 2 aromatic rings. The highest BCUT2D eigenvalue weighted by Gasteiger charge is 2.29. The number of carbonyl (C=O) groups excluding carboxylic acids is 1. The Kier molecular flexibility index (Phi) is 7.50. The summed E-state index contributed by atoms with van der Waals surface area (Å²) in [5, 5.41) is 29.7. The number of carbonyl (C=O) groups is 2. The smallest absolute Gasteiger partial charge is 0.303 e. The predicted octanol–water partition coefficient (Wildman–Crippen LogP) is 4.72. The Hall–Kier alpha value is -3.36. The van der Waals surface area contributed by atoms with Crippen molar-refractivity contribution in [3.63, 3.8) is 0 Å². The van der Waals surface area contributed by atoms with Gasteiger partial charge in [-0.05, 0) is 37.1 Å². The Morgan fingerprint density at radius 1 is 1.22 bits per heavy atom. The van der Waals surface area contributed by atoms with Crippen molar-refractivity contribution >= 4 is 64.3 Å². The lowest BCUT2D eigenvalue weighted by Crippen LogP contribution is -2.29. The van der Waals surface area contributed by atoms with Gasteiger partial charge in [0.1, 0.15) is 5.75 Å². The average molecular weight is 475 g/mol. The summed E-state index contributed by atoms with van der Waals surface area (Å²) in [6.45, 7) is 1.81. The monoisotopic (exact) mass is 474 g/mol. The molecule has 8 nitrogen and oxygen atoms in total. The van der Waals surface area contributed by atoms with Gasteiger partial charge in [0.15, 0.2) is 5.71 Å². The fourth-order valence-corrected chi connectivity index (χ4v) is 3.40. The standard InChI is InChI=1S/C22H20Cl2N4O4/c1-13-20(22(32)28(27-13)11-3-6-19(29)30)26-25-18-5-2-4-15(21(18)31)8-7-14-9-10-16(23)12-17(14)24/h2,4-5,7-10,12,25,31H,3,6,11H2,1H3,(H,29,30)/b8-7+,26-20-. The number of carboxylic acids is 1. The Labute approximate surface area is 194 Å². The Morgan fingerprint density at radius 3 is 2.69 bits per heavy atom. The molecule has 0 saturated carbocycles. The third-order valence-corrected chi connectivity index (χ3v) is 5.13. The summed E-state index contributed by atoms with van der Waals surface area (Å²) in [4.78, 5) is 23.1. The van der Waals surface area contributed by atoms with Gasteiger partial charge in [-0.3, -0.25) is 15.0 Å². The third kappa shape index (κ3) is 5.66. The SMILES string of the molecule is CC1=NN(CCCC(=O)O)C(=O)/C1=N\Nc1cccc(/C=C/c2ccc(Cl)cc2Cl)c1O. The molecule has 0 radical (unpaired) electrons. The third-order valence-electron chi connectivity index (χ3n) is 4.57. The van der Waals surface area contributed by atoms with E-state index in [0.29, 0.717) is 27.0 Å². The maximum atomic E-state index is 12.5. The molecular weight excluding hydrogens is 455 g/mol. The minimum atomic E-state index is -0.935. The largest absolute Gasteiger partial charge is 0.505 e. The van der Waals surface area contributed by atoms with E-state index in [1.165, 1.54) is 5.01 Å². The van der Waals surface area contributed by atoms with Crippen LogP contribution in [0.25, 0.3) is 12.2 Å². The molecule has 0 unspecified atom stereocenters. The lowest BCUT2D eigenvalue weighted by Gasteiger charge is -2.10. The van der Waals surface area contributed by atoms with Crippen molar-refractivity contribution < 1.29 is 19.8 Å². The van der Waals surface area contributed by atoms with Gasteiger partial charge in [0.25, 0.3) is 5.91 Å². The zero-order chi connectivity index (χ0) is 23.3. The maximum Gasteiger partial charge on any atom is 0.303 e. The number of amides is 1. The Bertz CT molecular complexity index is 1140. The summed E-state index contributed by atoms with van der Waals surface area (Å²) in [7, 11) is 0. The number of benzene rings is 2. The van der Waals surface area contributed by atoms with Gasteiger partial charge in [-0.2, -0.15) is 10.2 Å². The second-order valence-corrected chi connectivity index (χ2v) is 7.77. The lowest BCUT2D eigenvalue weighted by atomic mass is 10.1. The molecule has 0 saturated heterocycles. The summed E-state index contributed by atoms with van der Waals surface area (Å²) < 4.78 is 0. The van der Waals surface area contributed by atoms with Crippen LogP contribution in [-0.4, -0.2) is 45.1 Å². The Balaban J connectivity index is 1.72. The van der Waals surface area contributed by atoms with Crippen LogP contribution in [0.2, 0.25) is 10.0 Å². The maximum absolute atomic E-state index is 12.5. The first-order valence-electron chi connectivity index (χ1n) is 9.64. The average Bonchev–Trinajstić information content (AvgIpc) is 3.00. The number of nitrogens with one attached hydrogen (secondary N) is 1. The fourth-order valence-electron chi connectivity index (χ4n) is 2.93. The number of hydrogen-bond donors (Lipinski definition) is 3. The molecule has 0 aliphatic carbocycles. The number of aliphatic carboxylic acids is 1. The van der Waals surface area contributed by atoms with E-state index in [9.17, 15) is 14.7 Å². The number of phenols is 1. The van der Waals surface area contributed by atoms with Crippen LogP contribution < -0.4 is 5.43 Å². The summed E-state index contributed by atoms with van der Waals surface area (Å²) in [5.41, 5.74) is 4.74. The van der Waals surface area contributed by atoms with Crippen molar-refractivity contribution in [3.05, 3.63) is 57.6 Å². The molecule has 0 fully saturated rings. The van der Waals surface area contributed by atoms with Crippen LogP contribution in [0.15, 0.2) is 46.6 Å². The van der Waals surface area contributed by atoms with Gasteiger partial charge < -0.3 is 10.2 Å². The molecule has 10 heteroatoms. The van der Waals surface area contributed by atoms with Crippen LogP contribution in [0.3, 0.4) is 0 Å². The zero-order valence-electron chi connectivity index (χ0n) is 17.0. The number of para-hydroxylation sites is 1. The molecule has 32 heavy (non-hydrogen) atoms. The minimum Gasteiger partial charge on any atom is -0.505 e. The topological polar surface area (TPSA) is 115 Å². The van der Waals surface area contributed by atoms with Crippen LogP contribution in [0, 0.1) is 0 Å². The normalized spacial score (nSPS) is 15.0. The molecule has 1 heterocycles. The van der Waals surface area contributed by atoms with Gasteiger partial charge in [0.05, 0.1) is 11.4 Å². The van der Waals surface area contributed by atoms with Crippen molar-refractivity contribution in [2.75, 3.05) is 12.0 Å². The van der Waals surface area contributed by atoms with Gasteiger partial charge in [-0.1, -0.05) is 53.6 Å². The summed E-state index contributed by atoms with van der Waals surface area (Å²) in [6, 6.07) is 10.2. The fraction of sp³-hybridized carbons (Fsp3) is 0.182. The number of aromatic hydroxyl groups is 1. The number of nitrogens with zero attached hydrogens (tertiary/aromatic N) is 3. The molecule has 3 N–H and O–H groups in total. The molecule has 2 aromatic carbocycles. The molecule has 3 rings (SSSR count). The predicted molar refractivity (Wildman–Crippen MR) is 126 cm³/mol. The molecule has 0 bridgehead atoms. The summed E-state index contributed by atoms with van der Waals surface area (Å²) in [6.07, 6.45) is 3.67. The number of anilines is 1. The first-order chi connectivity index (χ1) is 15.3. The molecule has 1 aliphatic rings. The van der Waals surface area contributed by atoms with Gasteiger partial charge >= 0.3 is 5.97 Å². The highest BCUT2D eigenvalue weighted by molar-refractivity contribution is 6.68. The van der Waals surface area contributed by atoms with Crippen molar-refractivity contribution in [2.45, 2.75) is 19.8 Å². The molecule has 166 valence electrons. The van der Waals surface area contributed by atoms with Gasteiger partial charge in [0.2, 0.25) is 0 Å². The van der Waals surface area contributed by atoms with E-state index in [-0.39, 0.29) is 30.8 Å². The van der Waals surface area contributed by atoms with Crippen LogP contribution in [0.1, 0.15) is 30.9 Å². The summed E-state index contributed by atoms with van der Waals surface area (Å²) >= 11 is 12.1.